The van der Waals surface area contributed by atoms with Crippen molar-refractivity contribution in [2.45, 2.75) is 45.3 Å². The third-order valence-electron chi connectivity index (χ3n) is 3.83. The van der Waals surface area contributed by atoms with Crippen LogP contribution in [-0.2, 0) is 15.7 Å². The van der Waals surface area contributed by atoms with Gasteiger partial charge in [0.25, 0.3) is 0 Å². The first-order valence-corrected chi connectivity index (χ1v) is 6.37. The summed E-state index contributed by atoms with van der Waals surface area (Å²) in [6, 6.07) is 1.36. The van der Waals surface area contributed by atoms with Gasteiger partial charge in [0.2, 0.25) is 0 Å². The molecule has 19 heavy (non-hydrogen) atoms. The zero-order valence-corrected chi connectivity index (χ0v) is 11.7. The minimum absolute atomic E-state index is 0.0718. The van der Waals surface area contributed by atoms with Crippen LogP contribution in [0.2, 0.25) is 0 Å². The third-order valence-corrected chi connectivity index (χ3v) is 3.83. The topological polar surface area (TPSA) is 51.6 Å². The Morgan fingerprint density at radius 1 is 1.26 bits per heavy atom. The lowest BCUT2D eigenvalue weighted by molar-refractivity contribution is 0.00578. The molecule has 0 aliphatic carbocycles. The van der Waals surface area contributed by atoms with Crippen LogP contribution in [0.5, 0.6) is 0 Å². The number of nitrogens with zero attached hydrogens (tertiary/aromatic N) is 1. The SMILES string of the molecule is CC1(C)OB(c2ncc(F)cc2CCO)OC1(C)C. The lowest BCUT2D eigenvalue weighted by Crippen LogP contribution is -2.41. The number of pyridine rings is 1. The Labute approximate surface area is 113 Å². The van der Waals surface area contributed by atoms with Gasteiger partial charge in [-0.15, -0.1) is 0 Å². The van der Waals surface area contributed by atoms with E-state index in [2.05, 4.69) is 4.98 Å². The summed E-state index contributed by atoms with van der Waals surface area (Å²) in [5, 5.41) is 9.05. The van der Waals surface area contributed by atoms with Gasteiger partial charge in [-0.25, -0.2) is 4.39 Å². The van der Waals surface area contributed by atoms with Gasteiger partial charge in [0.05, 0.1) is 23.0 Å². The summed E-state index contributed by atoms with van der Waals surface area (Å²) in [7, 11) is -0.632. The van der Waals surface area contributed by atoms with Gasteiger partial charge in [0.15, 0.2) is 0 Å². The van der Waals surface area contributed by atoms with Gasteiger partial charge in [-0.2, -0.15) is 0 Å². The second kappa shape index (κ2) is 4.85. The monoisotopic (exact) mass is 267 g/mol. The minimum atomic E-state index is -0.632. The van der Waals surface area contributed by atoms with Crippen LogP contribution in [0.1, 0.15) is 33.3 Å². The van der Waals surface area contributed by atoms with E-state index in [0.717, 1.165) is 6.20 Å². The number of aliphatic hydroxyl groups is 1. The van der Waals surface area contributed by atoms with Crippen LogP contribution in [0.15, 0.2) is 12.3 Å². The van der Waals surface area contributed by atoms with Crippen molar-refractivity contribution < 1.29 is 18.8 Å². The molecule has 0 atom stereocenters. The largest absolute Gasteiger partial charge is 0.514 e. The average molecular weight is 267 g/mol. The Morgan fingerprint density at radius 3 is 2.37 bits per heavy atom. The first kappa shape index (κ1) is 14.4. The summed E-state index contributed by atoms with van der Waals surface area (Å²) < 4.78 is 25.0. The molecule has 0 radical (unpaired) electrons. The zero-order valence-electron chi connectivity index (χ0n) is 11.7. The molecule has 4 nitrogen and oxygen atoms in total. The van der Waals surface area contributed by atoms with E-state index >= 15 is 0 Å². The van der Waals surface area contributed by atoms with Gasteiger partial charge in [-0.3, -0.25) is 4.98 Å². The van der Waals surface area contributed by atoms with Crippen molar-refractivity contribution in [3.8, 4) is 0 Å². The smallest absolute Gasteiger partial charge is 0.398 e. The van der Waals surface area contributed by atoms with Gasteiger partial charge >= 0.3 is 7.12 Å². The van der Waals surface area contributed by atoms with Crippen LogP contribution in [0, 0.1) is 5.82 Å². The quantitative estimate of drug-likeness (QED) is 0.832. The Bertz CT molecular complexity index is 463. The molecule has 0 spiro atoms. The van der Waals surface area contributed by atoms with Crippen LogP contribution < -0.4 is 5.59 Å². The highest BCUT2D eigenvalue weighted by Crippen LogP contribution is 2.36. The standard InChI is InChI=1S/C13H19BFNO3/c1-12(2)13(3,4)19-14(18-12)11-9(5-6-17)7-10(15)8-16-11/h7-8,17H,5-6H2,1-4H3. The molecule has 0 aromatic carbocycles. The van der Waals surface area contributed by atoms with Crippen molar-refractivity contribution in [1.29, 1.82) is 0 Å². The van der Waals surface area contributed by atoms with E-state index < -0.39 is 24.1 Å². The number of aromatic nitrogens is 1. The lowest BCUT2D eigenvalue weighted by atomic mass is 9.80. The zero-order chi connectivity index (χ0) is 14.3. The average Bonchev–Trinajstić information content (AvgIpc) is 2.48. The molecule has 1 saturated heterocycles. The molecule has 2 heterocycles. The maximum absolute atomic E-state index is 13.2. The van der Waals surface area contributed by atoms with E-state index in [-0.39, 0.29) is 6.61 Å². The Morgan fingerprint density at radius 2 is 1.84 bits per heavy atom. The number of rotatable bonds is 3. The number of hydrogen-bond donors (Lipinski definition) is 1. The molecule has 0 bridgehead atoms. The molecule has 1 N–H and O–H groups in total. The minimum Gasteiger partial charge on any atom is -0.398 e. The van der Waals surface area contributed by atoms with Crippen LogP contribution in [0.25, 0.3) is 0 Å². The molecule has 104 valence electrons. The molecule has 0 unspecified atom stereocenters. The van der Waals surface area contributed by atoms with Gasteiger partial charge in [-0.05, 0) is 45.7 Å². The van der Waals surface area contributed by atoms with Crippen LogP contribution in [0.3, 0.4) is 0 Å². The third kappa shape index (κ3) is 2.66. The van der Waals surface area contributed by atoms with Crippen molar-refractivity contribution >= 4 is 12.7 Å². The maximum Gasteiger partial charge on any atom is 0.514 e. The van der Waals surface area contributed by atoms with E-state index in [0.29, 0.717) is 17.6 Å². The Balaban J connectivity index is 2.34. The van der Waals surface area contributed by atoms with Crippen LogP contribution >= 0.6 is 0 Å². The summed E-state index contributed by atoms with van der Waals surface area (Å²) in [5.74, 6) is -0.427. The van der Waals surface area contributed by atoms with E-state index in [9.17, 15) is 4.39 Å². The molecular formula is C13H19BFNO3. The molecule has 1 aromatic rings. The second-order valence-electron chi connectivity index (χ2n) is 5.76. The second-order valence-corrected chi connectivity index (χ2v) is 5.76. The fourth-order valence-electron chi connectivity index (χ4n) is 1.98. The van der Waals surface area contributed by atoms with E-state index in [1.165, 1.54) is 6.07 Å². The maximum atomic E-state index is 13.2. The lowest BCUT2D eigenvalue weighted by Gasteiger charge is -2.32. The van der Waals surface area contributed by atoms with Crippen molar-refractivity contribution in [1.82, 2.24) is 4.98 Å². The fourth-order valence-corrected chi connectivity index (χ4v) is 1.98. The normalized spacial score (nSPS) is 20.8. The first-order valence-electron chi connectivity index (χ1n) is 6.37. The van der Waals surface area contributed by atoms with Gasteiger partial charge in [-0.1, -0.05) is 0 Å². The van der Waals surface area contributed by atoms with E-state index in [1.54, 1.807) is 0 Å². The van der Waals surface area contributed by atoms with Crippen molar-refractivity contribution in [3.63, 3.8) is 0 Å². The molecule has 1 aromatic heterocycles. The predicted octanol–water partition coefficient (Wildman–Crippen LogP) is 1.05. The highest BCUT2D eigenvalue weighted by atomic mass is 19.1. The van der Waals surface area contributed by atoms with Crippen LogP contribution in [-0.4, -0.2) is 35.0 Å². The molecule has 6 heteroatoms. The van der Waals surface area contributed by atoms with Crippen molar-refractivity contribution in [2.75, 3.05) is 6.61 Å². The summed E-state index contributed by atoms with van der Waals surface area (Å²) in [6.07, 6.45) is 1.46. The highest BCUT2D eigenvalue weighted by Gasteiger charge is 2.52. The first-order chi connectivity index (χ1) is 8.77. The molecule has 0 amide bonds. The van der Waals surface area contributed by atoms with E-state index in [4.69, 9.17) is 14.4 Å². The van der Waals surface area contributed by atoms with E-state index in [1.807, 2.05) is 27.7 Å². The predicted molar refractivity (Wildman–Crippen MR) is 70.7 cm³/mol. The summed E-state index contributed by atoms with van der Waals surface area (Å²) in [4.78, 5) is 4.07. The summed E-state index contributed by atoms with van der Waals surface area (Å²) in [5.41, 5.74) is 0.212. The Hall–Kier alpha value is -0.975. The van der Waals surface area contributed by atoms with Gasteiger partial charge in [0.1, 0.15) is 5.82 Å². The van der Waals surface area contributed by atoms with Gasteiger partial charge < -0.3 is 14.4 Å². The number of aliphatic hydroxyl groups excluding tert-OH is 1. The molecule has 0 saturated carbocycles. The van der Waals surface area contributed by atoms with Crippen molar-refractivity contribution in [3.05, 3.63) is 23.6 Å². The highest BCUT2D eigenvalue weighted by molar-refractivity contribution is 6.61. The van der Waals surface area contributed by atoms with Crippen LogP contribution in [0.4, 0.5) is 4.39 Å². The number of halogens is 1. The molecule has 1 aliphatic rings. The molecular weight excluding hydrogens is 248 g/mol. The Kier molecular flexibility index (Phi) is 3.68. The number of hydrogen-bond acceptors (Lipinski definition) is 4. The fraction of sp³-hybridized carbons (Fsp3) is 0.615. The van der Waals surface area contributed by atoms with Crippen molar-refractivity contribution in [2.24, 2.45) is 0 Å². The van der Waals surface area contributed by atoms with Gasteiger partial charge in [0, 0.05) is 6.61 Å². The summed E-state index contributed by atoms with van der Waals surface area (Å²) in [6.45, 7) is 7.71. The molecule has 1 aliphatic heterocycles. The summed E-state index contributed by atoms with van der Waals surface area (Å²) >= 11 is 0. The molecule has 2 rings (SSSR count). The molecule has 1 fully saturated rings.